The second-order valence-electron chi connectivity index (χ2n) is 3.74. The first kappa shape index (κ1) is 13.5. The maximum absolute atomic E-state index is 13.3. The summed E-state index contributed by atoms with van der Waals surface area (Å²) in [5, 5.41) is 0.0622. The van der Waals surface area contributed by atoms with E-state index in [-0.39, 0.29) is 11.1 Å². The fourth-order valence-corrected chi connectivity index (χ4v) is 2.33. The Morgan fingerprint density at radius 2 is 2.19 bits per heavy atom. The largest absolute Gasteiger partial charge is 0.397 e. The molecule has 1 atom stereocenters. The third kappa shape index (κ3) is 2.95. The van der Waals surface area contributed by atoms with Crippen LogP contribution < -0.4 is 10.6 Å². The van der Waals surface area contributed by atoms with Crippen LogP contribution in [0.5, 0.6) is 0 Å². The smallest absolute Gasteiger partial charge is 0.144 e. The van der Waals surface area contributed by atoms with Crippen LogP contribution in [0.25, 0.3) is 0 Å². The van der Waals surface area contributed by atoms with E-state index in [1.54, 1.807) is 11.8 Å². The van der Waals surface area contributed by atoms with E-state index in [0.717, 1.165) is 5.75 Å². The van der Waals surface area contributed by atoms with Crippen molar-refractivity contribution in [3.05, 3.63) is 23.0 Å². The highest BCUT2D eigenvalue weighted by Gasteiger charge is 2.14. The third-order valence-corrected chi connectivity index (χ3v) is 3.62. The van der Waals surface area contributed by atoms with E-state index in [0.29, 0.717) is 11.4 Å². The average Bonchev–Trinajstić information content (AvgIpc) is 2.23. The first-order valence-electron chi connectivity index (χ1n) is 4.93. The van der Waals surface area contributed by atoms with E-state index in [9.17, 15) is 4.39 Å². The van der Waals surface area contributed by atoms with Gasteiger partial charge in [0.05, 0.1) is 16.4 Å². The highest BCUT2D eigenvalue weighted by atomic mass is 35.5. The van der Waals surface area contributed by atoms with Crippen molar-refractivity contribution < 1.29 is 4.39 Å². The Kier molecular flexibility index (Phi) is 4.74. The molecule has 5 heteroatoms. The molecule has 0 heterocycles. The molecule has 0 amide bonds. The fourth-order valence-electron chi connectivity index (χ4n) is 1.45. The molecule has 1 aromatic carbocycles. The number of nitrogens with zero attached hydrogens (tertiary/aromatic N) is 1. The van der Waals surface area contributed by atoms with Crippen molar-refractivity contribution in [1.82, 2.24) is 0 Å². The maximum atomic E-state index is 13.3. The Bertz CT molecular complexity index is 373. The van der Waals surface area contributed by atoms with Crippen LogP contribution in [0.15, 0.2) is 12.1 Å². The van der Waals surface area contributed by atoms with E-state index < -0.39 is 5.82 Å². The van der Waals surface area contributed by atoms with Crippen LogP contribution >= 0.6 is 23.4 Å². The second kappa shape index (κ2) is 5.64. The first-order valence-corrected chi connectivity index (χ1v) is 6.70. The summed E-state index contributed by atoms with van der Waals surface area (Å²) in [7, 11) is 1.90. The number of hydrogen-bond donors (Lipinski definition) is 1. The van der Waals surface area contributed by atoms with E-state index in [1.807, 2.05) is 18.2 Å². The van der Waals surface area contributed by atoms with Gasteiger partial charge in [0.1, 0.15) is 5.82 Å². The molecule has 0 saturated carbocycles. The summed E-state index contributed by atoms with van der Waals surface area (Å²) in [6.45, 7) is 2.07. The number of thioether (sulfide) groups is 1. The molecule has 0 bridgehead atoms. The monoisotopic (exact) mass is 262 g/mol. The van der Waals surface area contributed by atoms with Crippen LogP contribution in [0.3, 0.4) is 0 Å². The number of benzene rings is 1. The summed E-state index contributed by atoms with van der Waals surface area (Å²) in [6.07, 6.45) is 2.04. The Morgan fingerprint density at radius 3 is 2.75 bits per heavy atom. The molecule has 0 spiro atoms. The molecular weight excluding hydrogens is 247 g/mol. The summed E-state index contributed by atoms with van der Waals surface area (Å²) >= 11 is 7.40. The topological polar surface area (TPSA) is 29.3 Å². The van der Waals surface area contributed by atoms with Crippen molar-refractivity contribution in [1.29, 1.82) is 0 Å². The molecule has 0 radical (unpaired) electrons. The van der Waals surface area contributed by atoms with E-state index >= 15 is 0 Å². The van der Waals surface area contributed by atoms with Crippen molar-refractivity contribution >= 4 is 34.7 Å². The van der Waals surface area contributed by atoms with Gasteiger partial charge in [-0.2, -0.15) is 11.8 Å². The predicted octanol–water partition coefficient (Wildman–Crippen LogP) is 3.25. The van der Waals surface area contributed by atoms with Gasteiger partial charge in [-0.25, -0.2) is 4.39 Å². The molecule has 0 aromatic heterocycles. The number of rotatable bonds is 4. The van der Waals surface area contributed by atoms with Crippen molar-refractivity contribution in [2.45, 2.75) is 13.0 Å². The average molecular weight is 263 g/mol. The summed E-state index contributed by atoms with van der Waals surface area (Å²) in [4.78, 5) is 1.96. The highest BCUT2D eigenvalue weighted by molar-refractivity contribution is 7.98. The molecule has 0 aliphatic rings. The molecule has 2 nitrogen and oxygen atoms in total. The highest BCUT2D eigenvalue weighted by Crippen LogP contribution is 2.29. The zero-order chi connectivity index (χ0) is 12.3. The van der Waals surface area contributed by atoms with Crippen molar-refractivity contribution in [2.24, 2.45) is 0 Å². The van der Waals surface area contributed by atoms with Crippen molar-refractivity contribution in [3.8, 4) is 0 Å². The minimum atomic E-state index is -0.436. The molecule has 1 rings (SSSR count). The molecule has 16 heavy (non-hydrogen) atoms. The Hall–Kier alpha value is -0.610. The lowest BCUT2D eigenvalue weighted by Crippen LogP contribution is -2.31. The van der Waals surface area contributed by atoms with Gasteiger partial charge in [0, 0.05) is 24.9 Å². The third-order valence-electron chi connectivity index (χ3n) is 2.52. The summed E-state index contributed by atoms with van der Waals surface area (Å²) in [5.74, 6) is 0.522. The van der Waals surface area contributed by atoms with Crippen LogP contribution in [0.2, 0.25) is 5.02 Å². The van der Waals surface area contributed by atoms with Crippen LogP contribution in [0, 0.1) is 5.82 Å². The predicted molar refractivity (Wildman–Crippen MR) is 72.1 cm³/mol. The van der Waals surface area contributed by atoms with Crippen LogP contribution in [0.4, 0.5) is 15.8 Å². The number of halogens is 2. The van der Waals surface area contributed by atoms with Gasteiger partial charge in [0.25, 0.3) is 0 Å². The number of nitrogen functional groups attached to an aromatic ring is 1. The standard InChI is InChI=1S/C11H16ClFN2S/c1-7(6-16-3)15(2)11-5-9(13)8(12)4-10(11)14/h4-5,7H,6,14H2,1-3H3. The lowest BCUT2D eigenvalue weighted by Gasteiger charge is -2.27. The number of hydrogen-bond acceptors (Lipinski definition) is 3. The lowest BCUT2D eigenvalue weighted by molar-refractivity contribution is 0.626. The number of nitrogens with two attached hydrogens (primary N) is 1. The summed E-state index contributed by atoms with van der Waals surface area (Å²) in [5.41, 5.74) is 7.01. The Morgan fingerprint density at radius 1 is 1.56 bits per heavy atom. The minimum Gasteiger partial charge on any atom is -0.397 e. The molecule has 90 valence electrons. The zero-order valence-electron chi connectivity index (χ0n) is 9.63. The Balaban J connectivity index is 2.99. The lowest BCUT2D eigenvalue weighted by atomic mass is 10.2. The summed E-state index contributed by atoms with van der Waals surface area (Å²) in [6, 6.07) is 3.13. The van der Waals surface area contributed by atoms with Gasteiger partial charge < -0.3 is 10.6 Å². The van der Waals surface area contributed by atoms with E-state index in [2.05, 4.69) is 6.92 Å². The molecule has 2 N–H and O–H groups in total. The summed E-state index contributed by atoms with van der Waals surface area (Å²) < 4.78 is 13.3. The van der Waals surface area contributed by atoms with Crippen molar-refractivity contribution in [2.75, 3.05) is 29.7 Å². The van der Waals surface area contributed by atoms with Gasteiger partial charge in [0.15, 0.2) is 0 Å². The normalized spacial score (nSPS) is 12.6. The van der Waals surface area contributed by atoms with Crippen LogP contribution in [-0.2, 0) is 0 Å². The van der Waals surface area contributed by atoms with Crippen LogP contribution in [-0.4, -0.2) is 25.1 Å². The molecule has 1 unspecified atom stereocenters. The Labute approximate surface area is 105 Å². The van der Waals surface area contributed by atoms with Gasteiger partial charge >= 0.3 is 0 Å². The first-order chi connectivity index (χ1) is 7.47. The van der Waals surface area contributed by atoms with Gasteiger partial charge in [0.2, 0.25) is 0 Å². The van der Waals surface area contributed by atoms with Crippen LogP contribution in [0.1, 0.15) is 6.92 Å². The molecule has 0 saturated heterocycles. The number of anilines is 2. The molecule has 0 fully saturated rings. The molecular formula is C11H16ClFN2S. The van der Waals surface area contributed by atoms with Gasteiger partial charge in [-0.3, -0.25) is 0 Å². The quantitative estimate of drug-likeness (QED) is 0.845. The van der Waals surface area contributed by atoms with Crippen molar-refractivity contribution in [3.63, 3.8) is 0 Å². The van der Waals surface area contributed by atoms with E-state index in [4.69, 9.17) is 17.3 Å². The fraction of sp³-hybridized carbons (Fsp3) is 0.455. The second-order valence-corrected chi connectivity index (χ2v) is 5.06. The SMILES string of the molecule is CSCC(C)N(C)c1cc(F)c(Cl)cc1N. The molecule has 0 aliphatic carbocycles. The van der Waals surface area contributed by atoms with Gasteiger partial charge in [-0.15, -0.1) is 0 Å². The van der Waals surface area contributed by atoms with Gasteiger partial charge in [-0.1, -0.05) is 11.6 Å². The zero-order valence-corrected chi connectivity index (χ0v) is 11.2. The van der Waals surface area contributed by atoms with E-state index in [1.165, 1.54) is 12.1 Å². The minimum absolute atomic E-state index is 0.0622. The molecule has 1 aromatic rings. The molecule has 0 aliphatic heterocycles. The maximum Gasteiger partial charge on any atom is 0.144 e. The van der Waals surface area contributed by atoms with Gasteiger partial charge in [-0.05, 0) is 19.2 Å².